The van der Waals surface area contributed by atoms with Crippen LogP contribution >= 0.6 is 0 Å². The van der Waals surface area contributed by atoms with Gasteiger partial charge in [-0.25, -0.2) is 0 Å². The summed E-state index contributed by atoms with van der Waals surface area (Å²) in [6.45, 7) is 26.9. The minimum absolute atomic E-state index is 0.403. The predicted octanol–water partition coefficient (Wildman–Crippen LogP) is 5.42. The van der Waals surface area contributed by atoms with Crippen molar-refractivity contribution in [1.82, 2.24) is 9.80 Å². The normalized spacial score (nSPS) is 19.1. The van der Waals surface area contributed by atoms with E-state index in [9.17, 15) is 0 Å². The molecule has 0 aromatic rings. The predicted molar refractivity (Wildman–Crippen MR) is 99.2 cm³/mol. The first kappa shape index (κ1) is 23.2. The second kappa shape index (κ2) is 11.5. The fourth-order valence-corrected chi connectivity index (χ4v) is 2.29. The quantitative estimate of drug-likeness (QED) is 0.551. The summed E-state index contributed by atoms with van der Waals surface area (Å²) >= 11 is 0. The van der Waals surface area contributed by atoms with Crippen LogP contribution in [0.1, 0.15) is 88.5 Å². The molecule has 0 bridgehead atoms. The molecule has 0 saturated carbocycles. The van der Waals surface area contributed by atoms with Gasteiger partial charge in [0.2, 0.25) is 0 Å². The number of likely N-dealkylation sites (tertiary alicyclic amines) is 1. The number of piperidine rings is 1. The zero-order chi connectivity index (χ0) is 17.1. The van der Waals surface area contributed by atoms with E-state index >= 15 is 0 Å². The molecular formula is C19H44N2. The van der Waals surface area contributed by atoms with Gasteiger partial charge in [0, 0.05) is 24.2 Å². The van der Waals surface area contributed by atoms with Crippen LogP contribution in [0.4, 0.5) is 0 Å². The monoisotopic (exact) mass is 300 g/mol. The van der Waals surface area contributed by atoms with Crippen LogP contribution in [0.15, 0.2) is 0 Å². The van der Waals surface area contributed by atoms with Gasteiger partial charge in [-0.1, -0.05) is 34.1 Å². The summed E-state index contributed by atoms with van der Waals surface area (Å²) in [5.41, 5.74) is 0.848. The van der Waals surface area contributed by atoms with Gasteiger partial charge in [0.1, 0.15) is 0 Å². The Hall–Kier alpha value is -0.0800. The van der Waals surface area contributed by atoms with Crippen molar-refractivity contribution in [1.29, 1.82) is 0 Å². The van der Waals surface area contributed by atoms with E-state index in [1.54, 1.807) is 0 Å². The summed E-state index contributed by atoms with van der Waals surface area (Å²) in [6.07, 6.45) is 4.24. The first-order chi connectivity index (χ1) is 9.71. The number of hydrogen-bond acceptors (Lipinski definition) is 2. The summed E-state index contributed by atoms with van der Waals surface area (Å²) in [4.78, 5) is 5.02. The second-order valence-corrected chi connectivity index (χ2v) is 7.38. The van der Waals surface area contributed by atoms with Crippen molar-refractivity contribution in [3.05, 3.63) is 0 Å². The van der Waals surface area contributed by atoms with Crippen LogP contribution in [0.2, 0.25) is 0 Å². The van der Waals surface area contributed by atoms with Gasteiger partial charge in [-0.05, 0) is 67.5 Å². The highest BCUT2D eigenvalue weighted by molar-refractivity contribution is 4.85. The molecule has 130 valence electrons. The van der Waals surface area contributed by atoms with E-state index in [0.29, 0.717) is 11.1 Å². The molecule has 0 spiro atoms. The van der Waals surface area contributed by atoms with E-state index in [-0.39, 0.29) is 0 Å². The first-order valence-corrected chi connectivity index (χ1v) is 9.21. The van der Waals surface area contributed by atoms with Crippen molar-refractivity contribution in [3.8, 4) is 0 Å². The molecule has 0 amide bonds. The average molecular weight is 301 g/mol. The maximum absolute atomic E-state index is 2.58. The molecule has 2 saturated heterocycles. The molecule has 0 unspecified atom stereocenters. The Morgan fingerprint density at radius 3 is 0.905 bits per heavy atom. The van der Waals surface area contributed by atoms with Gasteiger partial charge in [-0.2, -0.15) is 0 Å². The van der Waals surface area contributed by atoms with Gasteiger partial charge < -0.3 is 0 Å². The van der Waals surface area contributed by atoms with Crippen LogP contribution in [0.5, 0.6) is 0 Å². The Morgan fingerprint density at radius 1 is 0.476 bits per heavy atom. The maximum atomic E-state index is 2.58. The summed E-state index contributed by atoms with van der Waals surface area (Å²) in [5.74, 6) is 0. The third-order valence-corrected chi connectivity index (χ3v) is 3.70. The zero-order valence-corrected chi connectivity index (χ0v) is 16.8. The van der Waals surface area contributed by atoms with E-state index in [0.717, 1.165) is 0 Å². The molecule has 0 aliphatic carbocycles. The fraction of sp³-hybridized carbons (Fsp3) is 1.00. The average Bonchev–Trinajstić information content (AvgIpc) is 3.28. The summed E-state index contributed by atoms with van der Waals surface area (Å²) in [5, 5.41) is 0. The van der Waals surface area contributed by atoms with E-state index in [1.165, 1.54) is 45.4 Å². The van der Waals surface area contributed by atoms with Gasteiger partial charge in [-0.3, -0.25) is 9.80 Å². The lowest BCUT2D eigenvalue weighted by atomic mass is 10.0. The van der Waals surface area contributed by atoms with E-state index in [4.69, 9.17) is 0 Å². The first-order valence-electron chi connectivity index (χ1n) is 9.21. The molecule has 0 atom stereocenters. The molecular weight excluding hydrogens is 256 g/mol. The van der Waals surface area contributed by atoms with Crippen LogP contribution in [-0.2, 0) is 0 Å². The lowest BCUT2D eigenvalue weighted by Gasteiger charge is -2.38. The third-order valence-electron chi connectivity index (χ3n) is 3.70. The Balaban J connectivity index is 0. The molecule has 2 fully saturated rings. The van der Waals surface area contributed by atoms with Gasteiger partial charge in [0.25, 0.3) is 0 Å². The highest BCUT2D eigenvalue weighted by atomic mass is 15.3. The molecule has 2 rings (SSSR count). The minimum Gasteiger partial charge on any atom is -0.298 e. The lowest BCUT2D eigenvalue weighted by Crippen LogP contribution is -2.44. The molecule has 2 aliphatic heterocycles. The van der Waals surface area contributed by atoms with Crippen LogP contribution in [-0.4, -0.2) is 47.1 Å². The Kier molecular flexibility index (Phi) is 12.7. The molecule has 2 heteroatoms. The Labute approximate surface area is 136 Å². The Morgan fingerprint density at radius 2 is 0.762 bits per heavy atom. The summed E-state index contributed by atoms with van der Waals surface area (Å²) in [6, 6.07) is 0. The van der Waals surface area contributed by atoms with Gasteiger partial charge in [0.15, 0.2) is 0 Å². The SMILES string of the molecule is CC.CC.CC(C)(C)N1CC1.CC(C)(C)N1CCCCC1. The fourth-order valence-electron chi connectivity index (χ4n) is 2.29. The third kappa shape index (κ3) is 12.2. The highest BCUT2D eigenvalue weighted by Crippen LogP contribution is 2.20. The maximum Gasteiger partial charge on any atom is 0.0126 e. The largest absolute Gasteiger partial charge is 0.298 e. The van der Waals surface area contributed by atoms with Crippen LogP contribution in [0.3, 0.4) is 0 Å². The molecule has 0 N–H and O–H groups in total. The van der Waals surface area contributed by atoms with Crippen molar-refractivity contribution in [2.75, 3.05) is 26.2 Å². The highest BCUT2D eigenvalue weighted by Gasteiger charge is 2.29. The summed E-state index contributed by atoms with van der Waals surface area (Å²) < 4.78 is 0. The molecule has 0 aromatic carbocycles. The number of hydrogen-bond donors (Lipinski definition) is 0. The zero-order valence-electron chi connectivity index (χ0n) is 16.8. The smallest absolute Gasteiger partial charge is 0.0126 e. The minimum atomic E-state index is 0.403. The van der Waals surface area contributed by atoms with Crippen molar-refractivity contribution in [2.24, 2.45) is 0 Å². The number of rotatable bonds is 0. The standard InChI is InChI=1S/C9H19N.C6H13N.2C2H6/c1-9(2,3)10-7-5-4-6-8-10;1-6(2,3)7-4-5-7;2*1-2/h4-8H2,1-3H3;4-5H2,1-3H3;2*1-2H3. The van der Waals surface area contributed by atoms with Crippen LogP contribution < -0.4 is 0 Å². The van der Waals surface area contributed by atoms with E-state index in [2.05, 4.69) is 51.3 Å². The number of nitrogens with zero attached hydrogens (tertiary/aromatic N) is 2. The lowest BCUT2D eigenvalue weighted by molar-refractivity contribution is 0.111. The van der Waals surface area contributed by atoms with Gasteiger partial charge in [0.05, 0.1) is 0 Å². The molecule has 2 heterocycles. The van der Waals surface area contributed by atoms with Crippen LogP contribution in [0, 0.1) is 0 Å². The van der Waals surface area contributed by atoms with Crippen molar-refractivity contribution < 1.29 is 0 Å². The van der Waals surface area contributed by atoms with E-state index < -0.39 is 0 Å². The molecule has 0 aromatic heterocycles. The van der Waals surface area contributed by atoms with Gasteiger partial charge >= 0.3 is 0 Å². The molecule has 2 nitrogen and oxygen atoms in total. The second-order valence-electron chi connectivity index (χ2n) is 7.38. The Bertz CT molecular complexity index is 213. The van der Waals surface area contributed by atoms with Crippen LogP contribution in [0.25, 0.3) is 0 Å². The van der Waals surface area contributed by atoms with Crippen molar-refractivity contribution in [3.63, 3.8) is 0 Å². The molecule has 0 radical (unpaired) electrons. The topological polar surface area (TPSA) is 6.25 Å². The molecule has 21 heavy (non-hydrogen) atoms. The van der Waals surface area contributed by atoms with E-state index in [1.807, 2.05) is 27.7 Å². The van der Waals surface area contributed by atoms with Crippen molar-refractivity contribution in [2.45, 2.75) is 99.6 Å². The van der Waals surface area contributed by atoms with Crippen molar-refractivity contribution >= 4 is 0 Å². The summed E-state index contributed by atoms with van der Waals surface area (Å²) in [7, 11) is 0. The van der Waals surface area contributed by atoms with Gasteiger partial charge in [-0.15, -0.1) is 0 Å². The molecule has 2 aliphatic rings.